The molecule has 0 bridgehead atoms. The van der Waals surface area contributed by atoms with Gasteiger partial charge in [0.05, 0.1) is 25.0 Å². The number of carbonyl (C=O) groups is 2. The number of hydrogen-bond acceptors (Lipinski definition) is 8. The van der Waals surface area contributed by atoms with Gasteiger partial charge in [0.25, 0.3) is 0 Å². The Morgan fingerprint density at radius 2 is 2.03 bits per heavy atom. The van der Waals surface area contributed by atoms with E-state index in [9.17, 15) is 9.59 Å². The van der Waals surface area contributed by atoms with Crippen molar-refractivity contribution in [3.8, 4) is 17.1 Å². The van der Waals surface area contributed by atoms with Gasteiger partial charge in [0, 0.05) is 17.5 Å². The van der Waals surface area contributed by atoms with Gasteiger partial charge in [-0.25, -0.2) is 4.79 Å². The number of benzene rings is 1. The summed E-state index contributed by atoms with van der Waals surface area (Å²) in [5, 5.41) is 12.5. The molecule has 32 heavy (non-hydrogen) atoms. The number of amides is 1. The molecule has 0 aliphatic heterocycles. The Morgan fingerprint density at radius 1 is 1.25 bits per heavy atom. The second-order valence-electron chi connectivity index (χ2n) is 6.86. The summed E-state index contributed by atoms with van der Waals surface area (Å²) in [5.41, 5.74) is 2.16. The minimum absolute atomic E-state index is 0.130. The molecule has 0 saturated carbocycles. The molecule has 170 valence electrons. The van der Waals surface area contributed by atoms with Gasteiger partial charge in [-0.15, -0.1) is 21.5 Å². The highest BCUT2D eigenvalue weighted by atomic mass is 32.2. The van der Waals surface area contributed by atoms with Gasteiger partial charge in [0.2, 0.25) is 5.91 Å². The standard InChI is InChI=1S/C22H26N4O4S2/c1-6-16-13(3)18(21(28)30-7-2)20(32-16)23-17(27)12-31-22-25-24-19(26(22)4)14-9-8-10-15(11-14)29-5/h8-11H,6-7,12H2,1-5H3,(H,23,27). The molecular formula is C22H26N4O4S2. The number of carbonyl (C=O) groups excluding carboxylic acids is 2. The molecule has 1 N–H and O–H groups in total. The maximum Gasteiger partial charge on any atom is 0.341 e. The van der Waals surface area contributed by atoms with Crippen molar-refractivity contribution in [3.63, 3.8) is 0 Å². The summed E-state index contributed by atoms with van der Waals surface area (Å²) in [4.78, 5) is 26.1. The van der Waals surface area contributed by atoms with Crippen molar-refractivity contribution in [2.45, 2.75) is 32.3 Å². The van der Waals surface area contributed by atoms with Crippen LogP contribution in [0.1, 0.15) is 34.6 Å². The minimum Gasteiger partial charge on any atom is -0.497 e. The molecule has 2 heterocycles. The van der Waals surface area contributed by atoms with Gasteiger partial charge >= 0.3 is 5.97 Å². The van der Waals surface area contributed by atoms with E-state index < -0.39 is 5.97 Å². The molecule has 1 amide bonds. The first-order chi connectivity index (χ1) is 15.4. The van der Waals surface area contributed by atoms with Crippen LogP contribution in [0, 0.1) is 6.92 Å². The summed E-state index contributed by atoms with van der Waals surface area (Å²) >= 11 is 2.69. The molecule has 3 rings (SSSR count). The molecule has 0 spiro atoms. The smallest absolute Gasteiger partial charge is 0.341 e. The van der Waals surface area contributed by atoms with Crippen LogP contribution in [0.25, 0.3) is 11.4 Å². The van der Waals surface area contributed by atoms with Crippen LogP contribution in [0.2, 0.25) is 0 Å². The first-order valence-electron chi connectivity index (χ1n) is 10.1. The Labute approximate surface area is 195 Å². The third-order valence-electron chi connectivity index (χ3n) is 4.79. The number of ether oxygens (including phenoxy) is 2. The van der Waals surface area contributed by atoms with Crippen molar-refractivity contribution in [1.82, 2.24) is 14.8 Å². The third kappa shape index (κ3) is 5.13. The molecule has 10 heteroatoms. The fourth-order valence-corrected chi connectivity index (χ4v) is 5.04. The van der Waals surface area contributed by atoms with Crippen molar-refractivity contribution in [2.24, 2.45) is 7.05 Å². The summed E-state index contributed by atoms with van der Waals surface area (Å²) in [6, 6.07) is 7.56. The first kappa shape index (κ1) is 23.8. The van der Waals surface area contributed by atoms with E-state index in [1.807, 2.05) is 49.7 Å². The summed E-state index contributed by atoms with van der Waals surface area (Å²) < 4.78 is 12.3. The van der Waals surface area contributed by atoms with Crippen LogP contribution in [0.5, 0.6) is 5.75 Å². The number of nitrogens with one attached hydrogen (secondary N) is 1. The van der Waals surface area contributed by atoms with E-state index in [2.05, 4.69) is 15.5 Å². The maximum absolute atomic E-state index is 12.6. The molecular weight excluding hydrogens is 448 g/mol. The largest absolute Gasteiger partial charge is 0.497 e. The lowest BCUT2D eigenvalue weighted by atomic mass is 10.1. The van der Waals surface area contributed by atoms with Crippen molar-refractivity contribution in [2.75, 3.05) is 24.8 Å². The normalized spacial score (nSPS) is 10.8. The summed E-state index contributed by atoms with van der Waals surface area (Å²) in [6.45, 7) is 5.94. The van der Waals surface area contributed by atoms with Gasteiger partial charge < -0.3 is 19.4 Å². The Balaban J connectivity index is 1.71. The van der Waals surface area contributed by atoms with Crippen LogP contribution >= 0.6 is 23.1 Å². The van der Waals surface area contributed by atoms with Gasteiger partial charge in [-0.3, -0.25) is 4.79 Å². The predicted octanol–water partition coefficient (Wildman–Crippen LogP) is 4.33. The van der Waals surface area contributed by atoms with Crippen LogP contribution in [0.3, 0.4) is 0 Å². The molecule has 8 nitrogen and oxygen atoms in total. The number of anilines is 1. The second-order valence-corrected chi connectivity index (χ2v) is 8.91. The Bertz CT molecular complexity index is 1120. The van der Waals surface area contributed by atoms with E-state index >= 15 is 0 Å². The third-order valence-corrected chi connectivity index (χ3v) is 7.17. The fraction of sp³-hybridized carbons (Fsp3) is 0.364. The monoisotopic (exact) mass is 474 g/mol. The highest BCUT2D eigenvalue weighted by molar-refractivity contribution is 7.99. The average molecular weight is 475 g/mol. The van der Waals surface area contributed by atoms with Crippen LogP contribution in [-0.2, 0) is 23.0 Å². The maximum atomic E-state index is 12.6. The Hall–Kier alpha value is -2.85. The lowest BCUT2D eigenvalue weighted by Gasteiger charge is -2.07. The fourth-order valence-electron chi connectivity index (χ4n) is 3.18. The average Bonchev–Trinajstić information content (AvgIpc) is 3.31. The summed E-state index contributed by atoms with van der Waals surface area (Å²) in [6.07, 6.45) is 0.777. The van der Waals surface area contributed by atoms with Crippen molar-refractivity contribution in [3.05, 3.63) is 40.3 Å². The predicted molar refractivity (Wildman–Crippen MR) is 127 cm³/mol. The molecule has 0 radical (unpaired) electrons. The van der Waals surface area contributed by atoms with Gasteiger partial charge in [-0.05, 0) is 38.0 Å². The van der Waals surface area contributed by atoms with Crippen LogP contribution in [0.15, 0.2) is 29.4 Å². The SMILES string of the molecule is CCOC(=O)c1c(NC(=O)CSc2nnc(-c3cccc(OC)c3)n2C)sc(CC)c1C. The number of thioether (sulfide) groups is 1. The number of nitrogens with zero attached hydrogens (tertiary/aromatic N) is 3. The number of hydrogen-bond donors (Lipinski definition) is 1. The van der Waals surface area contributed by atoms with Crippen molar-refractivity contribution in [1.29, 1.82) is 0 Å². The van der Waals surface area contributed by atoms with Crippen LogP contribution in [0.4, 0.5) is 5.00 Å². The summed E-state index contributed by atoms with van der Waals surface area (Å²) in [5.74, 6) is 0.896. The van der Waals surface area contributed by atoms with E-state index in [0.29, 0.717) is 21.5 Å². The molecule has 0 fully saturated rings. The van der Waals surface area contributed by atoms with Gasteiger partial charge in [0.15, 0.2) is 11.0 Å². The number of methoxy groups -OCH3 is 1. The quantitative estimate of drug-likeness (QED) is 0.364. The zero-order valence-corrected chi connectivity index (χ0v) is 20.4. The Kier molecular flexibility index (Phi) is 7.92. The first-order valence-corrected chi connectivity index (χ1v) is 12.0. The molecule has 1 aromatic carbocycles. The van der Waals surface area contributed by atoms with Crippen molar-refractivity contribution >= 4 is 40.0 Å². The highest BCUT2D eigenvalue weighted by Gasteiger charge is 2.23. The lowest BCUT2D eigenvalue weighted by molar-refractivity contribution is -0.113. The van der Waals surface area contributed by atoms with E-state index in [-0.39, 0.29) is 18.3 Å². The molecule has 0 saturated heterocycles. The van der Waals surface area contributed by atoms with E-state index in [1.54, 1.807) is 14.0 Å². The Morgan fingerprint density at radius 3 is 2.72 bits per heavy atom. The molecule has 2 aromatic heterocycles. The number of esters is 1. The lowest BCUT2D eigenvalue weighted by Crippen LogP contribution is -2.16. The number of aryl methyl sites for hydroxylation is 1. The molecule has 3 aromatic rings. The number of rotatable bonds is 9. The number of aromatic nitrogens is 3. The minimum atomic E-state index is -0.417. The molecule has 0 aliphatic rings. The van der Waals surface area contributed by atoms with Crippen LogP contribution in [-0.4, -0.2) is 46.1 Å². The zero-order valence-electron chi connectivity index (χ0n) is 18.7. The topological polar surface area (TPSA) is 95.3 Å². The van der Waals surface area contributed by atoms with Crippen molar-refractivity contribution < 1.29 is 19.1 Å². The van der Waals surface area contributed by atoms with Gasteiger partial charge in [0.1, 0.15) is 10.8 Å². The summed E-state index contributed by atoms with van der Waals surface area (Å²) in [7, 11) is 3.46. The van der Waals surface area contributed by atoms with Crippen LogP contribution < -0.4 is 10.1 Å². The zero-order chi connectivity index (χ0) is 23.3. The molecule has 0 atom stereocenters. The van der Waals surface area contributed by atoms with Gasteiger partial charge in [-0.2, -0.15) is 0 Å². The number of thiophene rings is 1. The second kappa shape index (κ2) is 10.6. The van der Waals surface area contributed by atoms with E-state index in [1.165, 1.54) is 23.1 Å². The highest BCUT2D eigenvalue weighted by Crippen LogP contribution is 2.34. The molecule has 0 aliphatic carbocycles. The van der Waals surface area contributed by atoms with E-state index in [4.69, 9.17) is 9.47 Å². The van der Waals surface area contributed by atoms with Gasteiger partial charge in [-0.1, -0.05) is 30.8 Å². The molecule has 0 unspecified atom stereocenters. The van der Waals surface area contributed by atoms with E-state index in [0.717, 1.165) is 28.2 Å².